The number of halogens is 1. The van der Waals surface area contributed by atoms with Crippen molar-refractivity contribution >= 4 is 34.2 Å². The number of morpholine rings is 1. The van der Waals surface area contributed by atoms with Gasteiger partial charge in [-0.2, -0.15) is 0 Å². The standard InChI is InChI=1S/C18H19IN2O2/c19-16-5-2-6-17(12-16)20-18(22)15-4-1-3-14(11-15)13-21-7-9-23-10-8-21/h1-6,11-12H,7-10,13H2,(H,20,22). The summed E-state index contributed by atoms with van der Waals surface area (Å²) in [5.41, 5.74) is 2.66. The van der Waals surface area contributed by atoms with Crippen LogP contribution >= 0.6 is 22.6 Å². The van der Waals surface area contributed by atoms with Gasteiger partial charge in [0, 0.05) is 34.5 Å². The van der Waals surface area contributed by atoms with Crippen LogP contribution in [0.2, 0.25) is 0 Å². The summed E-state index contributed by atoms with van der Waals surface area (Å²) in [5, 5.41) is 2.95. The molecular weight excluding hydrogens is 403 g/mol. The molecule has 5 heteroatoms. The normalized spacial score (nSPS) is 15.3. The predicted octanol–water partition coefficient (Wildman–Crippen LogP) is 3.38. The Kier molecular flexibility index (Phi) is 5.64. The lowest BCUT2D eigenvalue weighted by Gasteiger charge is -2.26. The van der Waals surface area contributed by atoms with Gasteiger partial charge in [-0.15, -0.1) is 0 Å². The molecule has 0 aliphatic carbocycles. The Bertz CT molecular complexity index is 684. The van der Waals surface area contributed by atoms with E-state index in [1.165, 1.54) is 0 Å². The maximum absolute atomic E-state index is 12.4. The molecule has 0 radical (unpaired) electrons. The summed E-state index contributed by atoms with van der Waals surface area (Å²) < 4.78 is 6.47. The number of nitrogens with zero attached hydrogens (tertiary/aromatic N) is 1. The van der Waals surface area contributed by atoms with Crippen LogP contribution in [0.25, 0.3) is 0 Å². The SMILES string of the molecule is O=C(Nc1cccc(I)c1)c1cccc(CN2CCOCC2)c1. The number of amides is 1. The number of carbonyl (C=O) groups excluding carboxylic acids is 1. The van der Waals surface area contributed by atoms with E-state index in [1.807, 2.05) is 42.5 Å². The highest BCUT2D eigenvalue weighted by Gasteiger charge is 2.12. The Hall–Kier alpha value is -1.44. The number of carbonyl (C=O) groups is 1. The van der Waals surface area contributed by atoms with Gasteiger partial charge >= 0.3 is 0 Å². The van der Waals surface area contributed by atoms with Crippen LogP contribution in [0, 0.1) is 3.57 Å². The smallest absolute Gasteiger partial charge is 0.255 e. The molecule has 1 amide bonds. The molecule has 120 valence electrons. The van der Waals surface area contributed by atoms with Crippen molar-refractivity contribution in [2.75, 3.05) is 31.6 Å². The molecule has 0 aromatic heterocycles. The molecule has 0 unspecified atom stereocenters. The third kappa shape index (κ3) is 4.76. The molecule has 0 bridgehead atoms. The van der Waals surface area contributed by atoms with Gasteiger partial charge in [0.2, 0.25) is 0 Å². The molecule has 1 aliphatic heterocycles. The maximum Gasteiger partial charge on any atom is 0.255 e. The van der Waals surface area contributed by atoms with Gasteiger partial charge in [0.05, 0.1) is 13.2 Å². The van der Waals surface area contributed by atoms with E-state index in [0.29, 0.717) is 5.56 Å². The van der Waals surface area contributed by atoms with Crippen molar-refractivity contribution in [3.63, 3.8) is 0 Å². The van der Waals surface area contributed by atoms with E-state index in [2.05, 4.69) is 38.9 Å². The van der Waals surface area contributed by atoms with E-state index in [9.17, 15) is 4.79 Å². The van der Waals surface area contributed by atoms with E-state index in [1.54, 1.807) is 0 Å². The topological polar surface area (TPSA) is 41.6 Å². The van der Waals surface area contributed by atoms with Crippen molar-refractivity contribution in [2.24, 2.45) is 0 Å². The van der Waals surface area contributed by atoms with Gasteiger partial charge in [-0.05, 0) is 58.5 Å². The third-order valence-corrected chi connectivity index (χ3v) is 4.45. The number of nitrogens with one attached hydrogen (secondary N) is 1. The first-order valence-electron chi connectivity index (χ1n) is 7.67. The molecule has 3 rings (SSSR count). The summed E-state index contributed by atoms with van der Waals surface area (Å²) in [7, 11) is 0. The first-order valence-corrected chi connectivity index (χ1v) is 8.74. The van der Waals surface area contributed by atoms with Crippen LogP contribution in [-0.2, 0) is 11.3 Å². The van der Waals surface area contributed by atoms with E-state index < -0.39 is 0 Å². The molecule has 0 atom stereocenters. The van der Waals surface area contributed by atoms with Gasteiger partial charge in [0.15, 0.2) is 0 Å². The average molecular weight is 422 g/mol. The molecule has 1 fully saturated rings. The zero-order chi connectivity index (χ0) is 16.1. The lowest BCUT2D eigenvalue weighted by atomic mass is 10.1. The van der Waals surface area contributed by atoms with E-state index in [-0.39, 0.29) is 5.91 Å². The minimum Gasteiger partial charge on any atom is -0.379 e. The number of hydrogen-bond acceptors (Lipinski definition) is 3. The lowest BCUT2D eigenvalue weighted by molar-refractivity contribution is 0.0342. The van der Waals surface area contributed by atoms with Crippen molar-refractivity contribution in [2.45, 2.75) is 6.54 Å². The van der Waals surface area contributed by atoms with Crippen LogP contribution < -0.4 is 5.32 Å². The minimum atomic E-state index is -0.0733. The number of anilines is 1. The first kappa shape index (κ1) is 16.4. The molecule has 1 heterocycles. The van der Waals surface area contributed by atoms with Crippen molar-refractivity contribution < 1.29 is 9.53 Å². The quantitative estimate of drug-likeness (QED) is 0.769. The molecule has 0 saturated carbocycles. The summed E-state index contributed by atoms with van der Waals surface area (Å²) in [5.74, 6) is -0.0733. The molecule has 2 aromatic carbocycles. The minimum absolute atomic E-state index is 0.0733. The highest BCUT2D eigenvalue weighted by Crippen LogP contribution is 2.15. The fraction of sp³-hybridized carbons (Fsp3) is 0.278. The van der Waals surface area contributed by atoms with Gasteiger partial charge in [-0.25, -0.2) is 0 Å². The highest BCUT2D eigenvalue weighted by molar-refractivity contribution is 14.1. The molecule has 2 aromatic rings. The molecule has 1 N–H and O–H groups in total. The Morgan fingerprint density at radius 2 is 1.91 bits per heavy atom. The van der Waals surface area contributed by atoms with Gasteiger partial charge in [-0.1, -0.05) is 18.2 Å². The number of rotatable bonds is 4. The van der Waals surface area contributed by atoms with Crippen LogP contribution in [0.5, 0.6) is 0 Å². The van der Waals surface area contributed by atoms with Gasteiger partial charge < -0.3 is 10.1 Å². The average Bonchev–Trinajstić information content (AvgIpc) is 2.56. The van der Waals surface area contributed by atoms with Crippen molar-refractivity contribution in [1.82, 2.24) is 4.90 Å². The van der Waals surface area contributed by atoms with Crippen LogP contribution in [-0.4, -0.2) is 37.1 Å². The Balaban J connectivity index is 1.67. The zero-order valence-corrected chi connectivity index (χ0v) is 15.0. The second-order valence-electron chi connectivity index (χ2n) is 5.55. The second-order valence-corrected chi connectivity index (χ2v) is 6.80. The summed E-state index contributed by atoms with van der Waals surface area (Å²) in [4.78, 5) is 14.8. The second kappa shape index (κ2) is 7.90. The van der Waals surface area contributed by atoms with Gasteiger partial charge in [0.25, 0.3) is 5.91 Å². The molecule has 23 heavy (non-hydrogen) atoms. The molecule has 0 spiro atoms. The van der Waals surface area contributed by atoms with Gasteiger partial charge in [0.1, 0.15) is 0 Å². The summed E-state index contributed by atoms with van der Waals surface area (Å²) in [6.45, 7) is 4.31. The van der Waals surface area contributed by atoms with E-state index >= 15 is 0 Å². The van der Waals surface area contributed by atoms with Crippen molar-refractivity contribution in [1.29, 1.82) is 0 Å². The first-order chi connectivity index (χ1) is 11.2. The highest BCUT2D eigenvalue weighted by atomic mass is 127. The number of hydrogen-bond donors (Lipinski definition) is 1. The Morgan fingerprint density at radius 1 is 1.13 bits per heavy atom. The van der Waals surface area contributed by atoms with Crippen molar-refractivity contribution in [3.05, 3.63) is 63.2 Å². The maximum atomic E-state index is 12.4. The van der Waals surface area contributed by atoms with E-state index in [0.717, 1.165) is 47.7 Å². The Labute approximate surface area is 150 Å². The molecule has 1 saturated heterocycles. The van der Waals surface area contributed by atoms with Crippen LogP contribution in [0.3, 0.4) is 0 Å². The molecule has 1 aliphatic rings. The monoisotopic (exact) mass is 422 g/mol. The van der Waals surface area contributed by atoms with Crippen molar-refractivity contribution in [3.8, 4) is 0 Å². The largest absolute Gasteiger partial charge is 0.379 e. The number of ether oxygens (including phenoxy) is 1. The van der Waals surface area contributed by atoms with Crippen LogP contribution in [0.1, 0.15) is 15.9 Å². The van der Waals surface area contributed by atoms with E-state index in [4.69, 9.17) is 4.74 Å². The molecular formula is C18H19IN2O2. The summed E-state index contributed by atoms with van der Waals surface area (Å²) in [6.07, 6.45) is 0. The van der Waals surface area contributed by atoms with Crippen LogP contribution in [0.15, 0.2) is 48.5 Å². The predicted molar refractivity (Wildman–Crippen MR) is 99.7 cm³/mol. The third-order valence-electron chi connectivity index (χ3n) is 3.78. The van der Waals surface area contributed by atoms with Crippen LogP contribution in [0.4, 0.5) is 5.69 Å². The Morgan fingerprint density at radius 3 is 2.70 bits per heavy atom. The summed E-state index contributed by atoms with van der Waals surface area (Å²) >= 11 is 2.24. The van der Waals surface area contributed by atoms with Gasteiger partial charge in [-0.3, -0.25) is 9.69 Å². The fourth-order valence-electron chi connectivity index (χ4n) is 2.60. The molecule has 4 nitrogen and oxygen atoms in total. The lowest BCUT2D eigenvalue weighted by Crippen LogP contribution is -2.35. The fourth-order valence-corrected chi connectivity index (χ4v) is 3.14. The number of benzene rings is 2. The summed E-state index contributed by atoms with van der Waals surface area (Å²) in [6, 6.07) is 15.6. The zero-order valence-electron chi connectivity index (χ0n) is 12.8.